The molecule has 1 heterocycles. The summed E-state index contributed by atoms with van der Waals surface area (Å²) in [6, 6.07) is 7.63. The smallest absolute Gasteiger partial charge is 0.273 e. The highest BCUT2D eigenvalue weighted by Gasteiger charge is 2.50. The maximum absolute atomic E-state index is 12.7. The average Bonchev–Trinajstić information content (AvgIpc) is 2.81. The van der Waals surface area contributed by atoms with Gasteiger partial charge in [0.1, 0.15) is 11.5 Å². The van der Waals surface area contributed by atoms with Crippen LogP contribution in [0.1, 0.15) is 44.6 Å². The van der Waals surface area contributed by atoms with Gasteiger partial charge in [-0.3, -0.25) is 15.0 Å². The number of nitrogens with zero attached hydrogens (tertiary/aromatic N) is 1. The molecule has 0 aromatic heterocycles. The Morgan fingerprint density at radius 1 is 1.13 bits per heavy atom. The van der Waals surface area contributed by atoms with Gasteiger partial charge in [0, 0.05) is 5.69 Å². The van der Waals surface area contributed by atoms with E-state index in [0.29, 0.717) is 5.92 Å². The number of hydrogen-bond acceptors (Lipinski definition) is 3. The lowest BCUT2D eigenvalue weighted by molar-refractivity contribution is -0.119. The fourth-order valence-electron chi connectivity index (χ4n) is 4.12. The van der Waals surface area contributed by atoms with Crippen molar-refractivity contribution in [2.75, 3.05) is 4.90 Å². The van der Waals surface area contributed by atoms with E-state index < -0.39 is 5.92 Å². The van der Waals surface area contributed by atoms with Crippen molar-refractivity contribution in [1.29, 1.82) is 5.41 Å². The Balaban J connectivity index is 2.02. The molecule has 4 nitrogen and oxygen atoms in total. The Bertz CT molecular complexity index is 629. The van der Waals surface area contributed by atoms with Crippen LogP contribution >= 0.6 is 0 Å². The Hall–Kier alpha value is -1.97. The van der Waals surface area contributed by atoms with E-state index in [2.05, 4.69) is 0 Å². The molecule has 23 heavy (non-hydrogen) atoms. The number of Topliss-reactive ketones (excluding diaryl/α,β-unsaturated/α-hetero) is 1. The molecule has 2 aliphatic rings. The van der Waals surface area contributed by atoms with Gasteiger partial charge < -0.3 is 4.90 Å². The van der Waals surface area contributed by atoms with Gasteiger partial charge in [0.2, 0.25) is 0 Å². The SMILES string of the molecule is CC(=O)C1C(=N)C(=O)N(c2ccc(C)cc2)C1C1CCCCC1. The summed E-state index contributed by atoms with van der Waals surface area (Å²) in [5.74, 6) is -0.629. The first-order valence-corrected chi connectivity index (χ1v) is 8.50. The molecule has 0 bridgehead atoms. The minimum Gasteiger partial charge on any atom is -0.303 e. The van der Waals surface area contributed by atoms with Gasteiger partial charge in [-0.15, -0.1) is 0 Å². The van der Waals surface area contributed by atoms with Crippen molar-refractivity contribution in [3.05, 3.63) is 29.8 Å². The second-order valence-electron chi connectivity index (χ2n) is 6.90. The summed E-state index contributed by atoms with van der Waals surface area (Å²) >= 11 is 0. The lowest BCUT2D eigenvalue weighted by Crippen LogP contribution is -2.43. The zero-order valence-corrected chi connectivity index (χ0v) is 13.8. The molecule has 3 rings (SSSR count). The summed E-state index contributed by atoms with van der Waals surface area (Å²) in [6.45, 7) is 3.52. The minimum absolute atomic E-state index is 0.0337. The highest BCUT2D eigenvalue weighted by molar-refractivity contribution is 6.49. The molecule has 1 N–H and O–H groups in total. The molecule has 1 aliphatic carbocycles. The van der Waals surface area contributed by atoms with Crippen LogP contribution in [0.3, 0.4) is 0 Å². The number of nitrogens with one attached hydrogen (secondary N) is 1. The van der Waals surface area contributed by atoms with E-state index in [1.165, 1.54) is 13.3 Å². The van der Waals surface area contributed by atoms with Crippen LogP contribution in [0.15, 0.2) is 24.3 Å². The number of rotatable bonds is 3. The summed E-state index contributed by atoms with van der Waals surface area (Å²) < 4.78 is 0. The summed E-state index contributed by atoms with van der Waals surface area (Å²) in [4.78, 5) is 26.6. The molecule has 1 saturated carbocycles. The zero-order valence-electron chi connectivity index (χ0n) is 13.8. The van der Waals surface area contributed by atoms with Crippen LogP contribution in [0.25, 0.3) is 0 Å². The Morgan fingerprint density at radius 3 is 2.30 bits per heavy atom. The molecule has 2 atom stereocenters. The van der Waals surface area contributed by atoms with Crippen LogP contribution in [-0.2, 0) is 9.59 Å². The van der Waals surface area contributed by atoms with Crippen molar-refractivity contribution in [3.63, 3.8) is 0 Å². The van der Waals surface area contributed by atoms with E-state index in [0.717, 1.165) is 36.9 Å². The van der Waals surface area contributed by atoms with E-state index in [4.69, 9.17) is 5.41 Å². The van der Waals surface area contributed by atoms with E-state index in [1.54, 1.807) is 4.90 Å². The molecule has 1 aromatic carbocycles. The van der Waals surface area contributed by atoms with Crippen LogP contribution < -0.4 is 4.90 Å². The van der Waals surface area contributed by atoms with Gasteiger partial charge in [-0.1, -0.05) is 37.0 Å². The van der Waals surface area contributed by atoms with Gasteiger partial charge in [-0.05, 0) is 44.7 Å². The third kappa shape index (κ3) is 2.82. The quantitative estimate of drug-likeness (QED) is 0.928. The third-order valence-corrected chi connectivity index (χ3v) is 5.28. The number of anilines is 1. The minimum atomic E-state index is -0.577. The molecule has 4 heteroatoms. The molecular formula is C19H24N2O2. The van der Waals surface area contributed by atoms with E-state index in [1.807, 2.05) is 31.2 Å². The monoisotopic (exact) mass is 312 g/mol. The normalized spacial score (nSPS) is 25.9. The second kappa shape index (κ2) is 6.26. The van der Waals surface area contributed by atoms with Gasteiger partial charge in [0.15, 0.2) is 0 Å². The number of aryl methyl sites for hydroxylation is 1. The first-order valence-electron chi connectivity index (χ1n) is 8.50. The number of carbonyl (C=O) groups is 2. The molecule has 2 fully saturated rings. The largest absolute Gasteiger partial charge is 0.303 e. The highest BCUT2D eigenvalue weighted by Crippen LogP contribution is 2.39. The van der Waals surface area contributed by atoms with Gasteiger partial charge in [0.05, 0.1) is 12.0 Å². The van der Waals surface area contributed by atoms with E-state index in [9.17, 15) is 9.59 Å². The van der Waals surface area contributed by atoms with Gasteiger partial charge in [-0.25, -0.2) is 0 Å². The predicted octanol–water partition coefficient (Wildman–Crippen LogP) is 3.52. The van der Waals surface area contributed by atoms with Crippen LogP contribution in [-0.4, -0.2) is 23.4 Å². The third-order valence-electron chi connectivity index (χ3n) is 5.28. The highest BCUT2D eigenvalue weighted by atomic mass is 16.2. The number of ketones is 1. The molecule has 122 valence electrons. The standard InChI is InChI=1S/C19H24N2O2/c1-12-8-10-15(11-9-12)21-18(14-6-4-3-5-7-14)16(13(2)22)17(20)19(21)23/h8-11,14,16,18,20H,3-7H2,1-2H3. The maximum Gasteiger partial charge on any atom is 0.273 e. The first kappa shape index (κ1) is 15.9. The average molecular weight is 312 g/mol. The molecule has 1 aromatic rings. The number of benzene rings is 1. The fourth-order valence-corrected chi connectivity index (χ4v) is 4.12. The Morgan fingerprint density at radius 2 is 1.74 bits per heavy atom. The lowest BCUT2D eigenvalue weighted by atomic mass is 9.77. The van der Waals surface area contributed by atoms with Crippen molar-refractivity contribution in [2.45, 2.75) is 52.0 Å². The molecule has 0 radical (unpaired) electrons. The van der Waals surface area contributed by atoms with Crippen molar-refractivity contribution in [1.82, 2.24) is 0 Å². The number of amides is 1. The summed E-state index contributed by atoms with van der Waals surface area (Å²) in [6.07, 6.45) is 5.60. The lowest BCUT2D eigenvalue weighted by Gasteiger charge is -2.35. The zero-order chi connectivity index (χ0) is 16.6. The van der Waals surface area contributed by atoms with Crippen LogP contribution in [0.2, 0.25) is 0 Å². The molecule has 1 aliphatic heterocycles. The number of hydrogen-bond donors (Lipinski definition) is 1. The van der Waals surface area contributed by atoms with Crippen LogP contribution in [0.5, 0.6) is 0 Å². The van der Waals surface area contributed by atoms with E-state index >= 15 is 0 Å². The molecule has 1 saturated heterocycles. The first-order chi connectivity index (χ1) is 11.0. The van der Waals surface area contributed by atoms with Gasteiger partial charge >= 0.3 is 0 Å². The second-order valence-corrected chi connectivity index (χ2v) is 6.90. The van der Waals surface area contributed by atoms with Crippen LogP contribution in [0.4, 0.5) is 5.69 Å². The van der Waals surface area contributed by atoms with E-state index in [-0.39, 0.29) is 23.4 Å². The molecule has 1 amide bonds. The maximum atomic E-state index is 12.7. The van der Waals surface area contributed by atoms with Crippen molar-refractivity contribution in [3.8, 4) is 0 Å². The molecule has 2 unspecified atom stereocenters. The summed E-state index contributed by atoms with van der Waals surface area (Å²) in [7, 11) is 0. The van der Waals surface area contributed by atoms with Crippen molar-refractivity contribution in [2.24, 2.45) is 11.8 Å². The van der Waals surface area contributed by atoms with Crippen molar-refractivity contribution < 1.29 is 9.59 Å². The Kier molecular flexibility index (Phi) is 4.33. The topological polar surface area (TPSA) is 61.2 Å². The molecule has 0 spiro atoms. The fraction of sp³-hybridized carbons (Fsp3) is 0.526. The number of carbonyl (C=O) groups excluding carboxylic acids is 2. The van der Waals surface area contributed by atoms with Gasteiger partial charge in [0.25, 0.3) is 5.91 Å². The van der Waals surface area contributed by atoms with Gasteiger partial charge in [-0.2, -0.15) is 0 Å². The summed E-state index contributed by atoms with van der Waals surface area (Å²) in [5.41, 5.74) is 1.91. The van der Waals surface area contributed by atoms with Crippen molar-refractivity contribution >= 4 is 23.1 Å². The predicted molar refractivity (Wildman–Crippen MR) is 90.9 cm³/mol. The van der Waals surface area contributed by atoms with Crippen LogP contribution in [0, 0.1) is 24.2 Å². The molecular weight excluding hydrogens is 288 g/mol. The summed E-state index contributed by atoms with van der Waals surface area (Å²) in [5, 5.41) is 8.20. The Labute approximate surface area is 137 Å².